The third-order valence-corrected chi connectivity index (χ3v) is 3.79. The summed E-state index contributed by atoms with van der Waals surface area (Å²) in [7, 11) is 1.96. The Morgan fingerprint density at radius 3 is 2.58 bits per heavy atom. The number of aryl methyl sites for hydroxylation is 1. The molecule has 0 bridgehead atoms. The number of rotatable bonds is 6. The van der Waals surface area contributed by atoms with Gasteiger partial charge in [-0.1, -0.05) is 11.8 Å². The Bertz CT molecular complexity index is 632. The first-order valence-electron chi connectivity index (χ1n) is 7.65. The van der Waals surface area contributed by atoms with Gasteiger partial charge in [-0.25, -0.2) is 0 Å². The molecule has 1 rings (SSSR count). The fourth-order valence-corrected chi connectivity index (χ4v) is 2.40. The van der Waals surface area contributed by atoms with E-state index < -0.39 is 0 Å². The number of aliphatic imine (C=N–C) groups is 1. The molecule has 0 saturated heterocycles. The van der Waals surface area contributed by atoms with Gasteiger partial charge in [0, 0.05) is 26.3 Å². The van der Waals surface area contributed by atoms with Crippen molar-refractivity contribution in [3.8, 4) is 0 Å². The zero-order valence-electron chi connectivity index (χ0n) is 14.8. The number of nitrogens with one attached hydrogen (secondary N) is 3. The SMILES string of the molecule is CCN=C(N/N=C(C)/C(=N/NC(=S)NCC)c1cccn1C)SC. The molecule has 0 aromatic carbocycles. The van der Waals surface area contributed by atoms with Crippen molar-refractivity contribution in [1.82, 2.24) is 20.7 Å². The highest BCUT2D eigenvalue weighted by Gasteiger charge is 2.12. The molecule has 0 aliphatic heterocycles. The maximum absolute atomic E-state index is 5.17. The molecule has 132 valence electrons. The Labute approximate surface area is 153 Å². The lowest BCUT2D eigenvalue weighted by atomic mass is 10.2. The minimum absolute atomic E-state index is 0.474. The third kappa shape index (κ3) is 6.32. The van der Waals surface area contributed by atoms with Crippen LogP contribution in [0, 0.1) is 0 Å². The second-order valence-corrected chi connectivity index (χ2v) is 5.93. The summed E-state index contributed by atoms with van der Waals surface area (Å²) in [6.07, 6.45) is 3.91. The molecular formula is C15H25N7S2. The summed E-state index contributed by atoms with van der Waals surface area (Å²) in [6, 6.07) is 3.94. The van der Waals surface area contributed by atoms with Gasteiger partial charge in [0.15, 0.2) is 10.3 Å². The van der Waals surface area contributed by atoms with E-state index in [1.165, 1.54) is 11.8 Å². The lowest BCUT2D eigenvalue weighted by Gasteiger charge is -2.10. The largest absolute Gasteiger partial charge is 0.362 e. The van der Waals surface area contributed by atoms with Crippen LogP contribution in [0.1, 0.15) is 26.5 Å². The maximum Gasteiger partial charge on any atom is 0.186 e. The minimum atomic E-state index is 0.474. The number of nitrogens with zero attached hydrogens (tertiary/aromatic N) is 4. The molecule has 0 unspecified atom stereocenters. The van der Waals surface area contributed by atoms with Crippen LogP contribution in [0.2, 0.25) is 0 Å². The number of amidine groups is 1. The van der Waals surface area contributed by atoms with Gasteiger partial charge in [-0.15, -0.1) is 0 Å². The number of thioether (sulfide) groups is 1. The van der Waals surface area contributed by atoms with Crippen LogP contribution in [0.5, 0.6) is 0 Å². The standard InChI is InChI=1S/C15H25N7S2/c1-6-16-14(23)20-19-13(12-9-8-10-22(12)4)11(3)18-21-15(24-5)17-7-2/h8-10H,6-7H2,1-5H3,(H,17,21)(H2,16,20,23)/b18-11+,19-13-. The number of hydrazone groups is 2. The van der Waals surface area contributed by atoms with Gasteiger partial charge in [0.05, 0.1) is 11.4 Å². The fraction of sp³-hybridized carbons (Fsp3) is 0.467. The van der Waals surface area contributed by atoms with E-state index >= 15 is 0 Å². The summed E-state index contributed by atoms with van der Waals surface area (Å²) in [4.78, 5) is 4.32. The summed E-state index contributed by atoms with van der Waals surface area (Å²) < 4.78 is 1.98. The molecule has 0 fully saturated rings. The second-order valence-electron chi connectivity index (χ2n) is 4.73. The monoisotopic (exact) mass is 367 g/mol. The van der Waals surface area contributed by atoms with Crippen LogP contribution in [-0.4, -0.2) is 45.6 Å². The summed E-state index contributed by atoms with van der Waals surface area (Å²) in [6.45, 7) is 7.29. The average molecular weight is 368 g/mol. The van der Waals surface area contributed by atoms with Crippen molar-refractivity contribution in [3.63, 3.8) is 0 Å². The highest BCUT2D eigenvalue weighted by molar-refractivity contribution is 8.13. The van der Waals surface area contributed by atoms with Crippen molar-refractivity contribution in [2.24, 2.45) is 22.2 Å². The van der Waals surface area contributed by atoms with Crippen molar-refractivity contribution >= 4 is 45.7 Å². The molecule has 9 heteroatoms. The van der Waals surface area contributed by atoms with E-state index in [0.29, 0.717) is 17.4 Å². The number of hydrogen-bond donors (Lipinski definition) is 3. The molecule has 0 atom stereocenters. The van der Waals surface area contributed by atoms with Crippen molar-refractivity contribution in [2.45, 2.75) is 20.8 Å². The van der Waals surface area contributed by atoms with Crippen LogP contribution in [-0.2, 0) is 7.05 Å². The third-order valence-electron chi connectivity index (χ3n) is 2.95. The molecule has 0 spiro atoms. The minimum Gasteiger partial charge on any atom is -0.362 e. The Morgan fingerprint density at radius 1 is 1.29 bits per heavy atom. The molecule has 0 saturated carbocycles. The van der Waals surface area contributed by atoms with Gasteiger partial charge in [0.2, 0.25) is 0 Å². The molecule has 1 aromatic rings. The van der Waals surface area contributed by atoms with Crippen LogP contribution in [0.3, 0.4) is 0 Å². The average Bonchev–Trinajstić information content (AvgIpc) is 2.98. The predicted molar refractivity (Wildman–Crippen MR) is 109 cm³/mol. The first kappa shape index (κ1) is 20.2. The zero-order valence-corrected chi connectivity index (χ0v) is 16.4. The highest BCUT2D eigenvalue weighted by Crippen LogP contribution is 2.04. The number of aromatic nitrogens is 1. The molecule has 0 aliphatic carbocycles. The molecule has 24 heavy (non-hydrogen) atoms. The Hall–Kier alpha value is -1.87. The highest BCUT2D eigenvalue weighted by atomic mass is 32.2. The van der Waals surface area contributed by atoms with E-state index in [9.17, 15) is 0 Å². The van der Waals surface area contributed by atoms with E-state index in [2.05, 4.69) is 31.4 Å². The number of thiocarbonyl (C=S) groups is 1. The topological polar surface area (TPSA) is 78.1 Å². The zero-order chi connectivity index (χ0) is 17.9. The van der Waals surface area contributed by atoms with Gasteiger partial charge < -0.3 is 9.88 Å². The van der Waals surface area contributed by atoms with Crippen molar-refractivity contribution in [3.05, 3.63) is 24.0 Å². The molecule has 0 amide bonds. The van der Waals surface area contributed by atoms with Gasteiger partial charge in [0.25, 0.3) is 0 Å². The quantitative estimate of drug-likeness (QED) is 0.310. The molecule has 0 radical (unpaired) electrons. The lowest BCUT2D eigenvalue weighted by molar-refractivity contribution is 0.889. The Morgan fingerprint density at radius 2 is 2.04 bits per heavy atom. The van der Waals surface area contributed by atoms with E-state index in [1.54, 1.807) is 0 Å². The van der Waals surface area contributed by atoms with Crippen LogP contribution in [0.4, 0.5) is 0 Å². The van der Waals surface area contributed by atoms with Gasteiger partial charge in [-0.05, 0) is 51.4 Å². The Kier molecular flexibility index (Phi) is 9.10. The molecular weight excluding hydrogens is 342 g/mol. The predicted octanol–water partition coefficient (Wildman–Crippen LogP) is 1.92. The maximum atomic E-state index is 5.17. The van der Waals surface area contributed by atoms with Gasteiger partial charge in [-0.2, -0.15) is 10.2 Å². The summed E-state index contributed by atoms with van der Waals surface area (Å²) in [5.41, 5.74) is 8.20. The summed E-state index contributed by atoms with van der Waals surface area (Å²) >= 11 is 6.68. The van der Waals surface area contributed by atoms with Crippen molar-refractivity contribution < 1.29 is 0 Å². The summed E-state index contributed by atoms with van der Waals surface area (Å²) in [5, 5.41) is 13.1. The van der Waals surface area contributed by atoms with Crippen LogP contribution < -0.4 is 16.2 Å². The van der Waals surface area contributed by atoms with Crippen molar-refractivity contribution in [2.75, 3.05) is 19.3 Å². The normalized spacial score (nSPS) is 13.0. The van der Waals surface area contributed by atoms with E-state index in [0.717, 1.165) is 23.1 Å². The summed E-state index contributed by atoms with van der Waals surface area (Å²) in [5.74, 6) is 0. The molecule has 3 N–H and O–H groups in total. The van der Waals surface area contributed by atoms with Gasteiger partial charge in [-0.3, -0.25) is 15.8 Å². The van der Waals surface area contributed by atoms with Gasteiger partial charge >= 0.3 is 0 Å². The molecule has 1 aromatic heterocycles. The molecule has 7 nitrogen and oxygen atoms in total. The Balaban J connectivity index is 3.04. The first-order valence-corrected chi connectivity index (χ1v) is 9.29. The lowest BCUT2D eigenvalue weighted by Crippen LogP contribution is -2.33. The van der Waals surface area contributed by atoms with Crippen molar-refractivity contribution in [1.29, 1.82) is 0 Å². The van der Waals surface area contributed by atoms with Gasteiger partial charge in [0.1, 0.15) is 5.71 Å². The molecule has 0 aliphatic rings. The smallest absolute Gasteiger partial charge is 0.186 e. The first-order chi connectivity index (χ1) is 11.5. The van der Waals surface area contributed by atoms with Crippen LogP contribution in [0.25, 0.3) is 0 Å². The van der Waals surface area contributed by atoms with E-state index in [-0.39, 0.29) is 0 Å². The van der Waals surface area contributed by atoms with Crippen LogP contribution >= 0.6 is 24.0 Å². The fourth-order valence-electron chi connectivity index (χ4n) is 1.81. The second kappa shape index (κ2) is 10.8. The van der Waals surface area contributed by atoms with E-state index in [1.807, 2.05) is 57.0 Å². The van der Waals surface area contributed by atoms with E-state index in [4.69, 9.17) is 12.2 Å². The molecule has 1 heterocycles. The van der Waals surface area contributed by atoms with Crippen LogP contribution in [0.15, 0.2) is 33.5 Å². The number of hydrogen-bond acceptors (Lipinski definition) is 5.